The van der Waals surface area contributed by atoms with Crippen molar-refractivity contribution >= 4 is 21.8 Å². The molecule has 0 saturated carbocycles. The van der Waals surface area contributed by atoms with E-state index in [0.717, 1.165) is 73.3 Å². The van der Waals surface area contributed by atoms with Gasteiger partial charge in [-0.1, -0.05) is 115 Å². The zero-order valence-electron chi connectivity index (χ0n) is 28.0. The van der Waals surface area contributed by atoms with Crippen molar-refractivity contribution in [3.63, 3.8) is 0 Å². The van der Waals surface area contributed by atoms with Crippen molar-refractivity contribution in [2.45, 2.75) is 5.41 Å². The molecule has 0 aliphatic carbocycles. The average Bonchev–Trinajstić information content (AvgIpc) is 3.56. The summed E-state index contributed by atoms with van der Waals surface area (Å²) in [7, 11) is 0. The summed E-state index contributed by atoms with van der Waals surface area (Å²) in [5.74, 6) is 3.30. The molecule has 2 aromatic heterocycles. The Bertz CT molecular complexity index is 2850. The smallest absolute Gasteiger partial charge is 0.132 e. The van der Waals surface area contributed by atoms with Crippen molar-refractivity contribution in [1.82, 2.24) is 9.55 Å². The Morgan fingerprint density at radius 1 is 0.442 bits per heavy atom. The van der Waals surface area contributed by atoms with Crippen molar-refractivity contribution < 1.29 is 9.47 Å². The van der Waals surface area contributed by atoms with Gasteiger partial charge in [-0.15, -0.1) is 0 Å². The van der Waals surface area contributed by atoms with Crippen LogP contribution in [-0.2, 0) is 5.41 Å². The molecule has 0 saturated heterocycles. The summed E-state index contributed by atoms with van der Waals surface area (Å²) in [4.78, 5) is 4.66. The summed E-state index contributed by atoms with van der Waals surface area (Å²) >= 11 is 0. The third-order valence-electron chi connectivity index (χ3n) is 10.8. The lowest BCUT2D eigenvalue weighted by Gasteiger charge is -2.45. The van der Waals surface area contributed by atoms with E-state index in [1.165, 1.54) is 21.8 Å². The van der Waals surface area contributed by atoms with E-state index in [9.17, 15) is 0 Å². The Morgan fingerprint density at radius 3 is 1.90 bits per heavy atom. The van der Waals surface area contributed by atoms with Gasteiger partial charge in [-0.2, -0.15) is 0 Å². The minimum atomic E-state index is -0.715. The fourth-order valence-electron chi connectivity index (χ4n) is 8.62. The highest BCUT2D eigenvalue weighted by atomic mass is 16.5. The molecule has 244 valence electrons. The maximum Gasteiger partial charge on any atom is 0.132 e. The molecular formula is C48H30N2O2. The van der Waals surface area contributed by atoms with Crippen LogP contribution in [0.4, 0.5) is 0 Å². The molecule has 0 radical (unpaired) electrons. The van der Waals surface area contributed by atoms with Crippen LogP contribution in [0, 0.1) is 0 Å². The summed E-state index contributed by atoms with van der Waals surface area (Å²) in [5.41, 5.74) is 11.2. The number of nitrogens with zero attached hydrogens (tertiary/aromatic N) is 2. The van der Waals surface area contributed by atoms with Crippen LogP contribution in [0.3, 0.4) is 0 Å². The Kier molecular flexibility index (Phi) is 6.13. The molecule has 0 bridgehead atoms. The van der Waals surface area contributed by atoms with Crippen LogP contribution < -0.4 is 9.47 Å². The maximum atomic E-state index is 6.80. The Hall–Kier alpha value is -6.91. The van der Waals surface area contributed by atoms with Crippen molar-refractivity contribution in [1.29, 1.82) is 0 Å². The van der Waals surface area contributed by atoms with Gasteiger partial charge in [-0.25, -0.2) is 0 Å². The number of rotatable bonds is 3. The summed E-state index contributed by atoms with van der Waals surface area (Å²) in [6.45, 7) is 0. The Morgan fingerprint density at radius 2 is 1.10 bits per heavy atom. The van der Waals surface area contributed by atoms with E-state index < -0.39 is 5.41 Å². The lowest BCUT2D eigenvalue weighted by atomic mass is 9.62. The molecule has 52 heavy (non-hydrogen) atoms. The van der Waals surface area contributed by atoms with Crippen LogP contribution in [0.15, 0.2) is 182 Å². The molecule has 0 N–H and O–H groups in total. The molecule has 9 aromatic rings. The van der Waals surface area contributed by atoms with E-state index in [1.54, 1.807) is 0 Å². The molecule has 4 heteroatoms. The third-order valence-corrected chi connectivity index (χ3v) is 10.8. The Balaban J connectivity index is 1.22. The fourth-order valence-corrected chi connectivity index (χ4v) is 8.62. The van der Waals surface area contributed by atoms with Crippen LogP contribution >= 0.6 is 0 Å². The molecule has 11 rings (SSSR count). The predicted molar refractivity (Wildman–Crippen MR) is 208 cm³/mol. The van der Waals surface area contributed by atoms with Gasteiger partial charge < -0.3 is 14.0 Å². The topological polar surface area (TPSA) is 36.3 Å². The van der Waals surface area contributed by atoms with Crippen LogP contribution in [0.5, 0.6) is 23.0 Å². The highest BCUT2D eigenvalue weighted by Gasteiger charge is 2.50. The molecule has 4 heterocycles. The second kappa shape index (κ2) is 11.0. The van der Waals surface area contributed by atoms with Crippen molar-refractivity contribution in [3.8, 4) is 51.1 Å². The van der Waals surface area contributed by atoms with E-state index >= 15 is 0 Å². The van der Waals surface area contributed by atoms with E-state index in [4.69, 9.17) is 9.47 Å². The van der Waals surface area contributed by atoms with Gasteiger partial charge in [0.1, 0.15) is 23.0 Å². The Labute approximate surface area is 300 Å². The van der Waals surface area contributed by atoms with Gasteiger partial charge in [0.25, 0.3) is 0 Å². The van der Waals surface area contributed by atoms with Crippen molar-refractivity contribution in [3.05, 3.63) is 204 Å². The van der Waals surface area contributed by atoms with Gasteiger partial charge >= 0.3 is 0 Å². The van der Waals surface area contributed by atoms with E-state index in [-0.39, 0.29) is 0 Å². The second-order valence-corrected chi connectivity index (χ2v) is 13.5. The van der Waals surface area contributed by atoms with Crippen molar-refractivity contribution in [2.24, 2.45) is 0 Å². The summed E-state index contributed by atoms with van der Waals surface area (Å²) in [6, 6.07) is 62.1. The van der Waals surface area contributed by atoms with Crippen LogP contribution in [0.2, 0.25) is 0 Å². The van der Waals surface area contributed by atoms with Gasteiger partial charge in [-0.05, 0) is 66.2 Å². The largest absolute Gasteiger partial charge is 0.457 e. The summed E-state index contributed by atoms with van der Waals surface area (Å²) in [5, 5.41) is 2.45. The number of hydrogen-bond acceptors (Lipinski definition) is 3. The first kappa shape index (κ1) is 28.9. The molecule has 1 atom stereocenters. The minimum Gasteiger partial charge on any atom is -0.457 e. The molecular weight excluding hydrogens is 637 g/mol. The van der Waals surface area contributed by atoms with Gasteiger partial charge in [0.2, 0.25) is 0 Å². The molecule has 1 spiro atoms. The van der Waals surface area contributed by atoms with Crippen LogP contribution in [0.25, 0.3) is 49.9 Å². The molecule has 1 unspecified atom stereocenters. The predicted octanol–water partition coefficient (Wildman–Crippen LogP) is 12.1. The number of hydrogen-bond donors (Lipinski definition) is 0. The molecule has 2 aliphatic rings. The first-order valence-electron chi connectivity index (χ1n) is 17.6. The summed E-state index contributed by atoms with van der Waals surface area (Å²) < 4.78 is 16.0. The monoisotopic (exact) mass is 666 g/mol. The highest BCUT2D eigenvalue weighted by Crippen LogP contribution is 2.62. The van der Waals surface area contributed by atoms with E-state index in [2.05, 4.69) is 155 Å². The number of pyridine rings is 1. The molecule has 7 aromatic carbocycles. The normalized spacial score (nSPS) is 15.3. The zero-order valence-corrected chi connectivity index (χ0v) is 28.0. The number of benzene rings is 7. The fraction of sp³-hybridized carbons (Fsp3) is 0.0208. The van der Waals surface area contributed by atoms with Crippen LogP contribution in [0.1, 0.15) is 22.3 Å². The van der Waals surface area contributed by atoms with Gasteiger partial charge in [0, 0.05) is 56.0 Å². The van der Waals surface area contributed by atoms with Crippen LogP contribution in [-0.4, -0.2) is 9.55 Å². The molecule has 2 aliphatic heterocycles. The second-order valence-electron chi connectivity index (χ2n) is 13.5. The lowest BCUT2D eigenvalue weighted by Crippen LogP contribution is -2.36. The first-order valence-corrected chi connectivity index (χ1v) is 17.6. The number of para-hydroxylation sites is 5. The molecule has 0 amide bonds. The third kappa shape index (κ3) is 4.00. The average molecular weight is 667 g/mol. The number of fused-ring (bicyclic) bond motifs is 11. The number of aromatic nitrogens is 2. The standard InChI is InChI=1S/C48H30N2O2/c1-2-13-33(14-3-1)50-42-21-7-4-15-35(42)36-17-12-16-34(47(36)50)31-25-27-45-40(29-31)48(37-18-5-8-22-43(37)51-45)38-19-6-9-23-44(38)52-46-30-32(24-26-39(46)48)41-20-10-11-28-49-41/h1-30H. The summed E-state index contributed by atoms with van der Waals surface area (Å²) in [6.07, 6.45) is 1.83. The lowest BCUT2D eigenvalue weighted by molar-refractivity contribution is 0.399. The quantitative estimate of drug-likeness (QED) is 0.188. The number of ether oxygens (including phenoxy) is 2. The van der Waals surface area contributed by atoms with E-state index in [1.807, 2.05) is 36.5 Å². The van der Waals surface area contributed by atoms with Gasteiger partial charge in [0.05, 0.1) is 22.1 Å². The van der Waals surface area contributed by atoms with E-state index in [0.29, 0.717) is 0 Å². The minimum absolute atomic E-state index is 0.715. The zero-order chi connectivity index (χ0) is 34.2. The first-order chi connectivity index (χ1) is 25.8. The van der Waals surface area contributed by atoms with Crippen molar-refractivity contribution in [2.75, 3.05) is 0 Å². The highest BCUT2D eigenvalue weighted by molar-refractivity contribution is 6.13. The molecule has 4 nitrogen and oxygen atoms in total. The van der Waals surface area contributed by atoms with Gasteiger partial charge in [0.15, 0.2) is 0 Å². The maximum absolute atomic E-state index is 6.80. The van der Waals surface area contributed by atoms with Gasteiger partial charge in [-0.3, -0.25) is 4.98 Å². The SMILES string of the molecule is c1ccc(-n2c3ccccc3c3cccc(-c4ccc5c(c4)C4(c6ccccc6Oc6cc(-c7ccccn7)ccc64)c4ccccc4O5)c32)cc1. The molecule has 0 fully saturated rings.